The quantitative estimate of drug-likeness (QED) is 0.795. The van der Waals surface area contributed by atoms with Gasteiger partial charge in [0.15, 0.2) is 0 Å². The third-order valence-electron chi connectivity index (χ3n) is 3.12. The van der Waals surface area contributed by atoms with E-state index in [9.17, 15) is 0 Å². The summed E-state index contributed by atoms with van der Waals surface area (Å²) in [5.41, 5.74) is 2.46. The highest BCUT2D eigenvalue weighted by Crippen LogP contribution is 2.23. The maximum atomic E-state index is 5.31. The lowest BCUT2D eigenvalue weighted by Crippen LogP contribution is -2.45. The van der Waals surface area contributed by atoms with Crippen molar-refractivity contribution in [1.82, 2.24) is 5.32 Å². The van der Waals surface area contributed by atoms with E-state index in [0.29, 0.717) is 0 Å². The Morgan fingerprint density at radius 3 is 2.81 bits per heavy atom. The van der Waals surface area contributed by atoms with Gasteiger partial charge < -0.3 is 15.4 Å². The van der Waals surface area contributed by atoms with Gasteiger partial charge >= 0.3 is 0 Å². The molecule has 2 rings (SSSR count). The van der Waals surface area contributed by atoms with Gasteiger partial charge in [-0.05, 0) is 30.2 Å². The molecule has 1 aromatic carbocycles. The summed E-state index contributed by atoms with van der Waals surface area (Å²) in [4.78, 5) is 0. The molecule has 0 amide bonds. The number of aryl methyl sites for hydroxylation is 1. The lowest BCUT2D eigenvalue weighted by Gasteiger charge is -2.27. The summed E-state index contributed by atoms with van der Waals surface area (Å²) in [6, 6.07) is 6.31. The second-order valence-electron chi connectivity index (χ2n) is 4.29. The average Bonchev–Trinajstić information content (AvgIpc) is 2.26. The lowest BCUT2D eigenvalue weighted by atomic mass is 10.0. The minimum Gasteiger partial charge on any atom is -0.496 e. The van der Waals surface area contributed by atoms with Crippen LogP contribution in [0.15, 0.2) is 18.2 Å². The van der Waals surface area contributed by atoms with Gasteiger partial charge in [0.1, 0.15) is 5.75 Å². The van der Waals surface area contributed by atoms with E-state index in [2.05, 4.69) is 29.7 Å². The first-order chi connectivity index (χ1) is 7.83. The Hall–Kier alpha value is -1.22. The number of hydrogen-bond donors (Lipinski definition) is 2. The number of anilines is 1. The predicted octanol–water partition coefficient (Wildman–Crippen LogP) is 1.89. The van der Waals surface area contributed by atoms with Gasteiger partial charge in [0.05, 0.1) is 7.11 Å². The lowest BCUT2D eigenvalue weighted by molar-refractivity contribution is 0.365. The van der Waals surface area contributed by atoms with Crippen LogP contribution in [0.5, 0.6) is 5.75 Å². The van der Waals surface area contributed by atoms with Gasteiger partial charge in [0, 0.05) is 31.2 Å². The van der Waals surface area contributed by atoms with Gasteiger partial charge in [-0.1, -0.05) is 6.92 Å². The van der Waals surface area contributed by atoms with Gasteiger partial charge in [0.2, 0.25) is 0 Å². The Morgan fingerprint density at radius 1 is 1.44 bits per heavy atom. The molecule has 16 heavy (non-hydrogen) atoms. The van der Waals surface area contributed by atoms with Crippen LogP contribution in [0.4, 0.5) is 5.69 Å². The number of nitrogens with one attached hydrogen (secondary N) is 2. The van der Waals surface area contributed by atoms with Crippen molar-refractivity contribution in [3.63, 3.8) is 0 Å². The number of methoxy groups -OCH3 is 1. The first-order valence-corrected chi connectivity index (χ1v) is 5.95. The van der Waals surface area contributed by atoms with E-state index in [1.165, 1.54) is 11.3 Å². The number of ether oxygens (including phenoxy) is 1. The Balaban J connectivity index is 1.97. The zero-order valence-corrected chi connectivity index (χ0v) is 10.0. The smallest absolute Gasteiger partial charge is 0.122 e. The molecule has 0 spiro atoms. The standard InChI is InChI=1S/C13H20N2O/c1-3-11-6-12(4-5-13(11)16-2)15-9-10-7-14-8-10/h4-6,10,14-15H,3,7-9H2,1-2H3. The van der Waals surface area contributed by atoms with E-state index < -0.39 is 0 Å². The molecule has 1 heterocycles. The second kappa shape index (κ2) is 5.21. The summed E-state index contributed by atoms with van der Waals surface area (Å²) in [7, 11) is 1.72. The Bertz CT molecular complexity index is 348. The van der Waals surface area contributed by atoms with Crippen LogP contribution < -0.4 is 15.4 Å². The molecule has 0 radical (unpaired) electrons. The molecule has 1 aromatic rings. The highest BCUT2D eigenvalue weighted by Gasteiger charge is 2.15. The van der Waals surface area contributed by atoms with Crippen molar-refractivity contribution in [2.24, 2.45) is 5.92 Å². The van der Waals surface area contributed by atoms with Gasteiger partial charge in [-0.2, -0.15) is 0 Å². The normalized spacial score (nSPS) is 15.6. The van der Waals surface area contributed by atoms with Gasteiger partial charge in [-0.3, -0.25) is 0 Å². The molecule has 3 heteroatoms. The summed E-state index contributed by atoms with van der Waals surface area (Å²) in [5.74, 6) is 1.77. The SMILES string of the molecule is CCc1cc(NCC2CNC2)ccc1OC. The van der Waals surface area contributed by atoms with Gasteiger partial charge in [-0.15, -0.1) is 0 Å². The molecule has 0 atom stereocenters. The van der Waals surface area contributed by atoms with Crippen LogP contribution in [0.1, 0.15) is 12.5 Å². The molecule has 1 aliphatic heterocycles. The van der Waals surface area contributed by atoms with E-state index in [1.807, 2.05) is 6.07 Å². The molecule has 0 aromatic heterocycles. The fraction of sp³-hybridized carbons (Fsp3) is 0.538. The molecule has 1 saturated heterocycles. The number of hydrogen-bond acceptors (Lipinski definition) is 3. The molecule has 2 N–H and O–H groups in total. The van der Waals surface area contributed by atoms with E-state index in [0.717, 1.165) is 37.7 Å². The van der Waals surface area contributed by atoms with Crippen molar-refractivity contribution in [2.45, 2.75) is 13.3 Å². The topological polar surface area (TPSA) is 33.3 Å². The molecular formula is C13H20N2O. The van der Waals surface area contributed by atoms with Crippen molar-refractivity contribution < 1.29 is 4.74 Å². The molecule has 88 valence electrons. The second-order valence-corrected chi connectivity index (χ2v) is 4.29. The molecule has 0 unspecified atom stereocenters. The maximum absolute atomic E-state index is 5.31. The molecular weight excluding hydrogens is 200 g/mol. The van der Waals surface area contributed by atoms with Crippen LogP contribution >= 0.6 is 0 Å². The Labute approximate surface area is 97.2 Å². The maximum Gasteiger partial charge on any atom is 0.122 e. The number of benzene rings is 1. The third-order valence-corrected chi connectivity index (χ3v) is 3.12. The molecule has 1 fully saturated rings. The van der Waals surface area contributed by atoms with Crippen molar-refractivity contribution in [3.05, 3.63) is 23.8 Å². The average molecular weight is 220 g/mol. The minimum absolute atomic E-state index is 0.784. The highest BCUT2D eigenvalue weighted by molar-refractivity contribution is 5.51. The molecule has 0 aliphatic carbocycles. The summed E-state index contributed by atoms with van der Waals surface area (Å²) in [5, 5.41) is 6.76. The summed E-state index contributed by atoms with van der Waals surface area (Å²) in [6.07, 6.45) is 1.00. The van der Waals surface area contributed by atoms with Crippen molar-refractivity contribution >= 4 is 5.69 Å². The van der Waals surface area contributed by atoms with Crippen LogP contribution in [-0.4, -0.2) is 26.7 Å². The van der Waals surface area contributed by atoms with E-state index in [4.69, 9.17) is 4.74 Å². The van der Waals surface area contributed by atoms with Crippen molar-refractivity contribution in [1.29, 1.82) is 0 Å². The summed E-state index contributed by atoms with van der Waals surface area (Å²) in [6.45, 7) is 5.49. The minimum atomic E-state index is 0.784. The van der Waals surface area contributed by atoms with E-state index in [1.54, 1.807) is 7.11 Å². The monoisotopic (exact) mass is 220 g/mol. The van der Waals surface area contributed by atoms with E-state index >= 15 is 0 Å². The van der Waals surface area contributed by atoms with Crippen molar-refractivity contribution in [3.8, 4) is 5.75 Å². The van der Waals surface area contributed by atoms with Crippen LogP contribution in [0.2, 0.25) is 0 Å². The molecule has 1 aliphatic rings. The van der Waals surface area contributed by atoms with Crippen LogP contribution in [0.3, 0.4) is 0 Å². The largest absolute Gasteiger partial charge is 0.496 e. The first kappa shape index (κ1) is 11.3. The Morgan fingerprint density at radius 2 is 2.25 bits per heavy atom. The Kier molecular flexibility index (Phi) is 3.67. The summed E-state index contributed by atoms with van der Waals surface area (Å²) >= 11 is 0. The highest BCUT2D eigenvalue weighted by atomic mass is 16.5. The van der Waals surface area contributed by atoms with Crippen LogP contribution in [0.25, 0.3) is 0 Å². The first-order valence-electron chi connectivity index (χ1n) is 5.95. The predicted molar refractivity (Wildman–Crippen MR) is 67.2 cm³/mol. The van der Waals surface area contributed by atoms with Crippen LogP contribution in [-0.2, 0) is 6.42 Å². The summed E-state index contributed by atoms with van der Waals surface area (Å²) < 4.78 is 5.31. The fourth-order valence-electron chi connectivity index (χ4n) is 1.92. The zero-order valence-electron chi connectivity index (χ0n) is 10.0. The van der Waals surface area contributed by atoms with Gasteiger partial charge in [0.25, 0.3) is 0 Å². The fourth-order valence-corrected chi connectivity index (χ4v) is 1.92. The molecule has 0 bridgehead atoms. The third kappa shape index (κ3) is 2.47. The van der Waals surface area contributed by atoms with E-state index in [-0.39, 0.29) is 0 Å². The molecule has 0 saturated carbocycles. The zero-order chi connectivity index (χ0) is 11.4. The van der Waals surface area contributed by atoms with Crippen molar-refractivity contribution in [2.75, 3.05) is 32.1 Å². The molecule has 3 nitrogen and oxygen atoms in total. The number of rotatable bonds is 5. The van der Waals surface area contributed by atoms with Crippen LogP contribution in [0, 0.1) is 5.92 Å². The van der Waals surface area contributed by atoms with Gasteiger partial charge in [-0.25, -0.2) is 0 Å².